The maximum atomic E-state index is 5.78. The third-order valence-electron chi connectivity index (χ3n) is 4.39. The molecule has 0 amide bonds. The Hall–Kier alpha value is -0.870. The van der Waals surface area contributed by atoms with Gasteiger partial charge in [-0.15, -0.1) is 0 Å². The van der Waals surface area contributed by atoms with Gasteiger partial charge in [0.25, 0.3) is 0 Å². The first kappa shape index (κ1) is 13.6. The quantitative estimate of drug-likeness (QED) is 0.836. The van der Waals surface area contributed by atoms with Crippen LogP contribution in [0, 0.1) is 0 Å². The molecular formula is C14H25N3O. The minimum atomic E-state index is 0.0331. The molecule has 0 spiro atoms. The Morgan fingerprint density at radius 1 is 1.56 bits per heavy atom. The highest BCUT2D eigenvalue weighted by Crippen LogP contribution is 2.39. The highest BCUT2D eigenvalue weighted by molar-refractivity contribution is 5.14. The van der Waals surface area contributed by atoms with Crippen molar-refractivity contribution in [2.24, 2.45) is 7.05 Å². The molecule has 4 nitrogen and oxygen atoms in total. The highest BCUT2D eigenvalue weighted by Gasteiger charge is 2.43. The maximum Gasteiger partial charge on any atom is 0.0834 e. The van der Waals surface area contributed by atoms with Gasteiger partial charge >= 0.3 is 0 Å². The Morgan fingerprint density at radius 2 is 2.28 bits per heavy atom. The molecule has 102 valence electrons. The summed E-state index contributed by atoms with van der Waals surface area (Å²) in [6.45, 7) is 2.14. The van der Waals surface area contributed by atoms with Crippen molar-refractivity contribution in [1.82, 2.24) is 15.1 Å². The number of ether oxygens (including phenoxy) is 1. The lowest BCUT2D eigenvalue weighted by Crippen LogP contribution is -2.56. The summed E-state index contributed by atoms with van der Waals surface area (Å²) < 4.78 is 7.79. The van der Waals surface area contributed by atoms with Crippen molar-refractivity contribution in [3.05, 3.63) is 17.5 Å². The van der Waals surface area contributed by atoms with E-state index in [1.807, 2.05) is 25.9 Å². The molecule has 1 atom stereocenters. The van der Waals surface area contributed by atoms with Crippen LogP contribution in [-0.2, 0) is 24.6 Å². The third kappa shape index (κ3) is 2.31. The topological polar surface area (TPSA) is 39.1 Å². The van der Waals surface area contributed by atoms with Crippen LogP contribution in [0.25, 0.3) is 0 Å². The summed E-state index contributed by atoms with van der Waals surface area (Å²) >= 11 is 0. The Balaban J connectivity index is 2.12. The van der Waals surface area contributed by atoms with Gasteiger partial charge in [-0.2, -0.15) is 5.10 Å². The van der Waals surface area contributed by atoms with Crippen molar-refractivity contribution >= 4 is 0 Å². The fraction of sp³-hybridized carbons (Fsp3) is 0.786. The normalized spacial score (nSPS) is 19.6. The summed E-state index contributed by atoms with van der Waals surface area (Å²) in [5.74, 6) is 0. The SMILES string of the molecule is CCc1cc(CC(NC)C2(OC)CCC2)n(C)n1. The van der Waals surface area contributed by atoms with Gasteiger partial charge in [0.05, 0.1) is 11.3 Å². The summed E-state index contributed by atoms with van der Waals surface area (Å²) in [5.41, 5.74) is 2.49. The molecule has 1 saturated carbocycles. The lowest BCUT2D eigenvalue weighted by molar-refractivity contribution is -0.0969. The summed E-state index contributed by atoms with van der Waals surface area (Å²) in [6.07, 6.45) is 5.57. The largest absolute Gasteiger partial charge is 0.377 e. The van der Waals surface area contributed by atoms with Crippen molar-refractivity contribution in [3.63, 3.8) is 0 Å². The van der Waals surface area contributed by atoms with E-state index < -0.39 is 0 Å². The van der Waals surface area contributed by atoms with E-state index in [9.17, 15) is 0 Å². The zero-order valence-electron chi connectivity index (χ0n) is 12.0. The second kappa shape index (κ2) is 5.41. The van der Waals surface area contributed by atoms with E-state index in [1.165, 1.54) is 17.8 Å². The van der Waals surface area contributed by atoms with Gasteiger partial charge in [-0.05, 0) is 38.8 Å². The number of methoxy groups -OCH3 is 1. The van der Waals surface area contributed by atoms with Gasteiger partial charge in [0.2, 0.25) is 0 Å². The first-order valence-corrected chi connectivity index (χ1v) is 6.89. The summed E-state index contributed by atoms with van der Waals surface area (Å²) in [4.78, 5) is 0. The number of nitrogens with one attached hydrogen (secondary N) is 1. The second-order valence-corrected chi connectivity index (χ2v) is 5.27. The van der Waals surface area contributed by atoms with Crippen LogP contribution in [0.3, 0.4) is 0 Å². The summed E-state index contributed by atoms with van der Waals surface area (Å²) in [5, 5.41) is 7.95. The van der Waals surface area contributed by atoms with Crippen molar-refractivity contribution in [2.45, 2.75) is 50.7 Å². The number of hydrogen-bond donors (Lipinski definition) is 1. The van der Waals surface area contributed by atoms with Crippen LogP contribution < -0.4 is 5.32 Å². The fourth-order valence-electron chi connectivity index (χ4n) is 2.92. The second-order valence-electron chi connectivity index (χ2n) is 5.27. The average Bonchev–Trinajstić information content (AvgIpc) is 2.68. The van der Waals surface area contributed by atoms with Gasteiger partial charge in [-0.25, -0.2) is 0 Å². The number of aromatic nitrogens is 2. The molecule has 0 saturated heterocycles. The third-order valence-corrected chi connectivity index (χ3v) is 4.39. The Kier molecular flexibility index (Phi) is 4.07. The van der Waals surface area contributed by atoms with Crippen LogP contribution >= 0.6 is 0 Å². The first-order valence-electron chi connectivity index (χ1n) is 6.89. The highest BCUT2D eigenvalue weighted by atomic mass is 16.5. The molecular weight excluding hydrogens is 226 g/mol. The standard InChI is InChI=1S/C14H25N3O/c1-5-11-9-12(17(3)16-11)10-13(15-2)14(18-4)7-6-8-14/h9,13,15H,5-8,10H2,1-4H3. The number of likely N-dealkylation sites (N-methyl/N-ethyl adjacent to an activating group) is 1. The molecule has 0 aliphatic heterocycles. The molecule has 1 aliphatic carbocycles. The van der Waals surface area contributed by atoms with Crippen molar-refractivity contribution < 1.29 is 4.74 Å². The van der Waals surface area contributed by atoms with E-state index in [0.717, 1.165) is 25.7 Å². The molecule has 1 aromatic heterocycles. The molecule has 18 heavy (non-hydrogen) atoms. The van der Waals surface area contributed by atoms with Gasteiger partial charge in [-0.3, -0.25) is 4.68 Å². The summed E-state index contributed by atoms with van der Waals surface area (Å²) in [7, 11) is 5.90. The molecule has 0 radical (unpaired) electrons. The van der Waals surface area contributed by atoms with Crippen molar-refractivity contribution in [3.8, 4) is 0 Å². The Bertz CT molecular complexity index is 390. The smallest absolute Gasteiger partial charge is 0.0834 e. The molecule has 1 N–H and O–H groups in total. The van der Waals surface area contributed by atoms with Gasteiger partial charge in [-0.1, -0.05) is 6.92 Å². The van der Waals surface area contributed by atoms with E-state index in [1.54, 1.807) is 0 Å². The lowest BCUT2D eigenvalue weighted by Gasteiger charge is -2.46. The molecule has 4 heteroatoms. The van der Waals surface area contributed by atoms with Crippen molar-refractivity contribution in [1.29, 1.82) is 0 Å². The number of rotatable bonds is 6. The van der Waals surface area contributed by atoms with Gasteiger partial charge < -0.3 is 10.1 Å². The Morgan fingerprint density at radius 3 is 2.67 bits per heavy atom. The van der Waals surface area contributed by atoms with E-state index in [0.29, 0.717) is 6.04 Å². The zero-order chi connectivity index (χ0) is 13.2. The summed E-state index contributed by atoms with van der Waals surface area (Å²) in [6, 6.07) is 2.59. The number of nitrogens with zero attached hydrogens (tertiary/aromatic N) is 2. The first-order chi connectivity index (χ1) is 8.65. The van der Waals surface area contributed by atoms with Crippen molar-refractivity contribution in [2.75, 3.05) is 14.2 Å². The molecule has 2 rings (SSSR count). The average molecular weight is 251 g/mol. The van der Waals surface area contributed by atoms with Crippen LogP contribution in [0.4, 0.5) is 0 Å². The van der Waals surface area contributed by atoms with Crippen LogP contribution in [0.1, 0.15) is 37.6 Å². The number of aryl methyl sites for hydroxylation is 2. The monoisotopic (exact) mass is 251 g/mol. The van der Waals surface area contributed by atoms with Crippen LogP contribution in [0.5, 0.6) is 0 Å². The van der Waals surface area contributed by atoms with Gasteiger partial charge in [0, 0.05) is 32.3 Å². The van der Waals surface area contributed by atoms with Crippen LogP contribution in [-0.4, -0.2) is 35.6 Å². The molecule has 1 heterocycles. The lowest BCUT2D eigenvalue weighted by atomic mass is 9.73. The van der Waals surface area contributed by atoms with E-state index in [2.05, 4.69) is 23.4 Å². The molecule has 0 bridgehead atoms. The van der Waals surface area contributed by atoms with Gasteiger partial charge in [0.15, 0.2) is 0 Å². The molecule has 0 aromatic carbocycles. The van der Waals surface area contributed by atoms with E-state index >= 15 is 0 Å². The van der Waals surface area contributed by atoms with E-state index in [4.69, 9.17) is 4.74 Å². The molecule has 1 unspecified atom stereocenters. The van der Waals surface area contributed by atoms with E-state index in [-0.39, 0.29) is 5.60 Å². The molecule has 1 aromatic rings. The molecule has 1 fully saturated rings. The van der Waals surface area contributed by atoms with Crippen LogP contribution in [0.15, 0.2) is 6.07 Å². The minimum Gasteiger partial charge on any atom is -0.377 e. The maximum absolute atomic E-state index is 5.78. The Labute approximate surface area is 110 Å². The fourth-order valence-corrected chi connectivity index (χ4v) is 2.92. The molecule has 1 aliphatic rings. The predicted octanol–water partition coefficient (Wildman–Crippen LogP) is 1.68. The predicted molar refractivity (Wildman–Crippen MR) is 72.7 cm³/mol. The van der Waals surface area contributed by atoms with Gasteiger partial charge in [0.1, 0.15) is 0 Å². The number of hydrogen-bond acceptors (Lipinski definition) is 3. The zero-order valence-corrected chi connectivity index (χ0v) is 12.0. The van der Waals surface area contributed by atoms with Crippen LogP contribution in [0.2, 0.25) is 0 Å². The minimum absolute atomic E-state index is 0.0331.